The fourth-order valence-corrected chi connectivity index (χ4v) is 4.69. The number of halogens is 2. The molecule has 1 aliphatic carbocycles. The molecule has 0 unspecified atom stereocenters. The lowest BCUT2D eigenvalue weighted by molar-refractivity contribution is 0.267. The molecule has 1 aliphatic rings. The van der Waals surface area contributed by atoms with Crippen LogP contribution in [0.1, 0.15) is 44.6 Å². The first kappa shape index (κ1) is 16.3. The van der Waals surface area contributed by atoms with Crippen molar-refractivity contribution in [2.45, 2.75) is 45.6 Å². The summed E-state index contributed by atoms with van der Waals surface area (Å²) >= 11 is 7.10. The van der Waals surface area contributed by atoms with Crippen molar-refractivity contribution >= 4 is 31.9 Å². The predicted octanol–water partition coefficient (Wildman–Crippen LogP) is 5.28. The van der Waals surface area contributed by atoms with Crippen molar-refractivity contribution in [3.63, 3.8) is 0 Å². The van der Waals surface area contributed by atoms with Crippen molar-refractivity contribution in [1.82, 2.24) is 5.32 Å². The summed E-state index contributed by atoms with van der Waals surface area (Å²) in [6.45, 7) is 4.28. The van der Waals surface area contributed by atoms with Crippen LogP contribution in [0, 0.1) is 5.41 Å². The highest BCUT2D eigenvalue weighted by Crippen LogP contribution is 2.40. The highest BCUT2D eigenvalue weighted by atomic mass is 79.9. The van der Waals surface area contributed by atoms with Gasteiger partial charge in [-0.2, -0.15) is 0 Å². The van der Waals surface area contributed by atoms with Crippen LogP contribution in [0.15, 0.2) is 21.1 Å². The minimum absolute atomic E-state index is 0.524. The first-order valence-electron chi connectivity index (χ1n) is 7.33. The molecular weight excluding hydrogens is 382 g/mol. The SMILES string of the molecule is CCC1(CNCc2cc(Br)cc(Br)c2OC)CCCC1. The number of nitrogens with one attached hydrogen (secondary N) is 1. The van der Waals surface area contributed by atoms with Crippen LogP contribution >= 0.6 is 31.9 Å². The van der Waals surface area contributed by atoms with Gasteiger partial charge in [-0.15, -0.1) is 0 Å². The monoisotopic (exact) mass is 403 g/mol. The van der Waals surface area contributed by atoms with E-state index in [9.17, 15) is 0 Å². The summed E-state index contributed by atoms with van der Waals surface area (Å²) in [5.41, 5.74) is 1.72. The van der Waals surface area contributed by atoms with Crippen molar-refractivity contribution in [2.24, 2.45) is 5.41 Å². The molecule has 1 aromatic carbocycles. The summed E-state index contributed by atoms with van der Waals surface area (Å²) in [5.74, 6) is 0.928. The lowest BCUT2D eigenvalue weighted by Gasteiger charge is -2.28. The van der Waals surface area contributed by atoms with Crippen LogP contribution in [0.25, 0.3) is 0 Å². The molecule has 0 heterocycles. The third-order valence-corrected chi connectivity index (χ3v) is 5.57. The summed E-state index contributed by atoms with van der Waals surface area (Å²) in [6.07, 6.45) is 6.80. The average Bonchev–Trinajstić information content (AvgIpc) is 2.88. The summed E-state index contributed by atoms with van der Waals surface area (Å²) < 4.78 is 7.57. The lowest BCUT2D eigenvalue weighted by atomic mass is 9.83. The van der Waals surface area contributed by atoms with Gasteiger partial charge in [0.25, 0.3) is 0 Å². The van der Waals surface area contributed by atoms with Crippen LogP contribution in [0.4, 0.5) is 0 Å². The maximum atomic E-state index is 5.50. The summed E-state index contributed by atoms with van der Waals surface area (Å²) in [5, 5.41) is 3.64. The molecule has 0 radical (unpaired) electrons. The zero-order valence-electron chi connectivity index (χ0n) is 12.3. The van der Waals surface area contributed by atoms with E-state index in [1.54, 1.807) is 7.11 Å². The Balaban J connectivity index is 2.00. The van der Waals surface area contributed by atoms with E-state index < -0.39 is 0 Å². The molecule has 1 saturated carbocycles. The molecule has 0 spiro atoms. The smallest absolute Gasteiger partial charge is 0.137 e. The Labute approximate surface area is 138 Å². The maximum Gasteiger partial charge on any atom is 0.137 e. The summed E-state index contributed by atoms with van der Waals surface area (Å²) in [6, 6.07) is 4.15. The predicted molar refractivity (Wildman–Crippen MR) is 91.3 cm³/mol. The second-order valence-corrected chi connectivity index (χ2v) is 7.51. The molecular formula is C16H23Br2NO. The lowest BCUT2D eigenvalue weighted by Crippen LogP contribution is -2.31. The number of benzene rings is 1. The van der Waals surface area contributed by atoms with Gasteiger partial charge >= 0.3 is 0 Å². The van der Waals surface area contributed by atoms with Gasteiger partial charge in [0.05, 0.1) is 11.6 Å². The normalized spacial score (nSPS) is 17.4. The second-order valence-electron chi connectivity index (χ2n) is 5.74. The fourth-order valence-electron chi connectivity index (χ4n) is 3.22. The number of methoxy groups -OCH3 is 1. The number of ether oxygens (including phenoxy) is 1. The number of hydrogen-bond acceptors (Lipinski definition) is 2. The Bertz CT molecular complexity index is 456. The first-order valence-corrected chi connectivity index (χ1v) is 8.91. The zero-order chi connectivity index (χ0) is 14.6. The van der Waals surface area contributed by atoms with Gasteiger partial charge in [-0.25, -0.2) is 0 Å². The van der Waals surface area contributed by atoms with E-state index in [2.05, 4.69) is 50.2 Å². The molecule has 1 aromatic rings. The van der Waals surface area contributed by atoms with Crippen molar-refractivity contribution in [1.29, 1.82) is 0 Å². The Morgan fingerprint density at radius 3 is 2.55 bits per heavy atom. The minimum atomic E-state index is 0.524. The fraction of sp³-hybridized carbons (Fsp3) is 0.625. The second kappa shape index (κ2) is 7.28. The van der Waals surface area contributed by atoms with E-state index in [0.717, 1.165) is 27.8 Å². The third kappa shape index (κ3) is 3.77. The van der Waals surface area contributed by atoms with Crippen LogP contribution in [-0.2, 0) is 6.54 Å². The van der Waals surface area contributed by atoms with Crippen LogP contribution < -0.4 is 10.1 Å². The molecule has 112 valence electrons. The molecule has 1 N–H and O–H groups in total. The van der Waals surface area contributed by atoms with Crippen LogP contribution in [0.5, 0.6) is 5.75 Å². The van der Waals surface area contributed by atoms with Gasteiger partial charge in [0.15, 0.2) is 0 Å². The van der Waals surface area contributed by atoms with E-state index in [1.807, 2.05) is 6.07 Å². The Kier molecular flexibility index (Phi) is 5.94. The maximum absolute atomic E-state index is 5.50. The largest absolute Gasteiger partial charge is 0.495 e. The van der Waals surface area contributed by atoms with E-state index in [0.29, 0.717) is 5.41 Å². The van der Waals surface area contributed by atoms with Crippen LogP contribution in [0.3, 0.4) is 0 Å². The molecule has 0 bridgehead atoms. The van der Waals surface area contributed by atoms with E-state index in [4.69, 9.17) is 4.74 Å². The summed E-state index contributed by atoms with van der Waals surface area (Å²) in [7, 11) is 1.72. The van der Waals surface area contributed by atoms with E-state index in [1.165, 1.54) is 37.7 Å². The Morgan fingerprint density at radius 2 is 1.95 bits per heavy atom. The molecule has 1 fully saturated rings. The Hall–Kier alpha value is -0.0600. The van der Waals surface area contributed by atoms with Gasteiger partial charge in [0.2, 0.25) is 0 Å². The number of rotatable bonds is 6. The van der Waals surface area contributed by atoms with Crippen LogP contribution in [-0.4, -0.2) is 13.7 Å². The molecule has 2 nitrogen and oxygen atoms in total. The molecule has 0 aromatic heterocycles. The van der Waals surface area contributed by atoms with Gasteiger partial charge in [0, 0.05) is 23.1 Å². The molecule has 0 saturated heterocycles. The van der Waals surface area contributed by atoms with Gasteiger partial charge in [-0.05, 0) is 52.7 Å². The topological polar surface area (TPSA) is 21.3 Å². The highest BCUT2D eigenvalue weighted by Gasteiger charge is 2.31. The molecule has 0 aliphatic heterocycles. The molecule has 2 rings (SSSR count). The van der Waals surface area contributed by atoms with Gasteiger partial charge in [-0.1, -0.05) is 35.7 Å². The first-order chi connectivity index (χ1) is 9.60. The minimum Gasteiger partial charge on any atom is -0.495 e. The number of hydrogen-bond donors (Lipinski definition) is 1. The van der Waals surface area contributed by atoms with Crippen molar-refractivity contribution in [3.05, 3.63) is 26.6 Å². The van der Waals surface area contributed by atoms with Gasteiger partial charge in [-0.3, -0.25) is 0 Å². The molecule has 0 amide bonds. The van der Waals surface area contributed by atoms with Crippen molar-refractivity contribution in [2.75, 3.05) is 13.7 Å². The quantitative estimate of drug-likeness (QED) is 0.696. The highest BCUT2D eigenvalue weighted by molar-refractivity contribution is 9.11. The van der Waals surface area contributed by atoms with E-state index in [-0.39, 0.29) is 0 Å². The van der Waals surface area contributed by atoms with Gasteiger partial charge < -0.3 is 10.1 Å². The standard InChI is InChI=1S/C16H23Br2NO/c1-3-16(6-4-5-7-16)11-19-10-12-8-13(17)9-14(18)15(12)20-2/h8-9,19H,3-7,10-11H2,1-2H3. The summed E-state index contributed by atoms with van der Waals surface area (Å²) in [4.78, 5) is 0. The van der Waals surface area contributed by atoms with Gasteiger partial charge in [0.1, 0.15) is 5.75 Å². The van der Waals surface area contributed by atoms with Crippen LogP contribution in [0.2, 0.25) is 0 Å². The Morgan fingerprint density at radius 1 is 1.25 bits per heavy atom. The van der Waals surface area contributed by atoms with E-state index >= 15 is 0 Å². The zero-order valence-corrected chi connectivity index (χ0v) is 15.4. The molecule has 20 heavy (non-hydrogen) atoms. The van der Waals surface area contributed by atoms with Crippen molar-refractivity contribution in [3.8, 4) is 5.75 Å². The third-order valence-electron chi connectivity index (χ3n) is 4.52. The molecule has 4 heteroatoms. The average molecular weight is 405 g/mol. The van der Waals surface area contributed by atoms with Crippen molar-refractivity contribution < 1.29 is 4.74 Å². The molecule has 0 atom stereocenters.